The van der Waals surface area contributed by atoms with Crippen LogP contribution in [0, 0.1) is 0 Å². The summed E-state index contributed by atoms with van der Waals surface area (Å²) in [6.07, 6.45) is 3.94. The van der Waals surface area contributed by atoms with Crippen molar-refractivity contribution in [1.82, 2.24) is 9.80 Å². The van der Waals surface area contributed by atoms with Crippen molar-refractivity contribution in [1.29, 1.82) is 0 Å². The molecule has 194 valence electrons. The maximum absolute atomic E-state index is 13.1. The molecule has 5 rings (SSSR count). The molecule has 1 amide bonds. The van der Waals surface area contributed by atoms with Crippen molar-refractivity contribution in [2.75, 3.05) is 39.8 Å². The van der Waals surface area contributed by atoms with Crippen LogP contribution in [0.1, 0.15) is 52.2 Å². The molecule has 1 fully saturated rings. The summed E-state index contributed by atoms with van der Waals surface area (Å²) in [5, 5.41) is 1.10. The van der Waals surface area contributed by atoms with E-state index in [1.54, 1.807) is 0 Å². The summed E-state index contributed by atoms with van der Waals surface area (Å²) in [6, 6.07) is 24.1. The molecular weight excluding hydrogens is 503 g/mol. The molecule has 1 saturated heterocycles. The van der Waals surface area contributed by atoms with Gasteiger partial charge >= 0.3 is 0 Å². The third-order valence-electron chi connectivity index (χ3n) is 7.99. The first-order chi connectivity index (χ1) is 17.9. The summed E-state index contributed by atoms with van der Waals surface area (Å²) in [7, 11) is 1.88. The topological polar surface area (TPSA) is 32.8 Å². The lowest BCUT2D eigenvalue weighted by atomic mass is 9.79. The number of amides is 1. The molecule has 1 atom stereocenters. The van der Waals surface area contributed by atoms with Gasteiger partial charge in [-0.05, 0) is 73.2 Å². The number of ether oxygens (including phenoxy) is 1. The maximum Gasteiger partial charge on any atom is 0.253 e. The van der Waals surface area contributed by atoms with Crippen molar-refractivity contribution in [2.45, 2.75) is 37.2 Å². The molecule has 37 heavy (non-hydrogen) atoms. The first kappa shape index (κ1) is 26.2. The number of likely N-dealkylation sites (tertiary alicyclic amines) is 1. The van der Waals surface area contributed by atoms with Gasteiger partial charge in [-0.1, -0.05) is 71.7 Å². The van der Waals surface area contributed by atoms with Gasteiger partial charge in [0.1, 0.15) is 0 Å². The van der Waals surface area contributed by atoms with E-state index in [-0.39, 0.29) is 17.4 Å². The van der Waals surface area contributed by atoms with Crippen LogP contribution in [-0.4, -0.2) is 55.5 Å². The molecule has 3 aromatic carbocycles. The molecule has 0 aromatic heterocycles. The van der Waals surface area contributed by atoms with Crippen LogP contribution in [0.15, 0.2) is 72.8 Å². The quantitative estimate of drug-likeness (QED) is 0.332. The number of carbonyl (C=O) groups excluding carboxylic acids is 1. The van der Waals surface area contributed by atoms with Crippen molar-refractivity contribution in [3.8, 4) is 0 Å². The van der Waals surface area contributed by atoms with Gasteiger partial charge in [0, 0.05) is 38.2 Å². The molecule has 6 heteroatoms. The highest BCUT2D eigenvalue weighted by Gasteiger charge is 2.40. The Labute approximate surface area is 230 Å². The van der Waals surface area contributed by atoms with Gasteiger partial charge in [0.25, 0.3) is 5.91 Å². The van der Waals surface area contributed by atoms with Crippen LogP contribution in [0.4, 0.5) is 0 Å². The van der Waals surface area contributed by atoms with Gasteiger partial charge in [-0.2, -0.15) is 0 Å². The average Bonchev–Trinajstić information content (AvgIpc) is 2.94. The second-order valence-corrected chi connectivity index (χ2v) is 11.1. The van der Waals surface area contributed by atoms with Crippen molar-refractivity contribution < 1.29 is 9.53 Å². The molecule has 0 bridgehead atoms. The number of piperidine rings is 1. The van der Waals surface area contributed by atoms with E-state index in [0.717, 1.165) is 57.5 Å². The van der Waals surface area contributed by atoms with Gasteiger partial charge in [-0.3, -0.25) is 4.79 Å². The third-order valence-corrected chi connectivity index (χ3v) is 8.73. The van der Waals surface area contributed by atoms with Gasteiger partial charge in [0.2, 0.25) is 0 Å². The number of rotatable bonds is 7. The summed E-state index contributed by atoms with van der Waals surface area (Å²) in [6.45, 7) is 4.37. The standard InChI is InChI=1S/C31H34Cl2N2O2/c1-34(30(36)24-8-3-2-4-9-24)22-26(25-11-12-28(32)29(33)21-25)13-17-35-18-15-31(16-19-35)27-10-6-5-7-23(27)14-20-37-31/h2-12,21,26H,13-20,22H2,1H3. The Morgan fingerprint density at radius 1 is 1.00 bits per heavy atom. The number of hydrogen-bond acceptors (Lipinski definition) is 3. The minimum atomic E-state index is -0.142. The molecule has 0 N–H and O–H groups in total. The van der Waals surface area contributed by atoms with Crippen molar-refractivity contribution in [2.24, 2.45) is 0 Å². The van der Waals surface area contributed by atoms with E-state index in [9.17, 15) is 4.79 Å². The Balaban J connectivity index is 1.26. The summed E-state index contributed by atoms with van der Waals surface area (Å²) < 4.78 is 6.42. The monoisotopic (exact) mass is 536 g/mol. The number of nitrogens with zero attached hydrogens (tertiary/aromatic N) is 2. The van der Waals surface area contributed by atoms with E-state index in [2.05, 4.69) is 29.2 Å². The molecule has 0 radical (unpaired) electrons. The maximum atomic E-state index is 13.1. The van der Waals surface area contributed by atoms with Crippen LogP contribution in [0.25, 0.3) is 0 Å². The van der Waals surface area contributed by atoms with Gasteiger partial charge in [0.15, 0.2) is 0 Å². The number of hydrogen-bond donors (Lipinski definition) is 0. The summed E-state index contributed by atoms with van der Waals surface area (Å²) in [5.74, 6) is 0.175. The second-order valence-electron chi connectivity index (χ2n) is 10.3. The first-order valence-corrected chi connectivity index (χ1v) is 13.9. The molecule has 1 unspecified atom stereocenters. The van der Waals surface area contributed by atoms with E-state index in [1.807, 2.05) is 60.5 Å². The summed E-state index contributed by atoms with van der Waals surface area (Å²) in [5.41, 5.74) is 4.49. The van der Waals surface area contributed by atoms with E-state index >= 15 is 0 Å². The molecule has 2 aliphatic heterocycles. The van der Waals surface area contributed by atoms with E-state index in [1.165, 1.54) is 11.1 Å². The molecular formula is C31H34Cl2N2O2. The predicted molar refractivity (Wildman–Crippen MR) is 151 cm³/mol. The lowest BCUT2D eigenvalue weighted by Crippen LogP contribution is -2.47. The Morgan fingerprint density at radius 3 is 2.49 bits per heavy atom. The van der Waals surface area contributed by atoms with Crippen LogP contribution in [0.3, 0.4) is 0 Å². The number of fused-ring (bicyclic) bond motifs is 2. The largest absolute Gasteiger partial charge is 0.370 e. The van der Waals surface area contributed by atoms with Gasteiger partial charge < -0.3 is 14.5 Å². The van der Waals surface area contributed by atoms with Crippen molar-refractivity contribution in [3.63, 3.8) is 0 Å². The van der Waals surface area contributed by atoms with Crippen LogP contribution in [-0.2, 0) is 16.8 Å². The molecule has 4 nitrogen and oxygen atoms in total. The Kier molecular flexibility index (Phi) is 8.21. The Bertz CT molecular complexity index is 1220. The minimum absolute atomic E-state index is 0.0266. The van der Waals surface area contributed by atoms with Crippen molar-refractivity contribution >= 4 is 29.1 Å². The van der Waals surface area contributed by atoms with Crippen LogP contribution < -0.4 is 0 Å². The lowest BCUT2D eigenvalue weighted by molar-refractivity contribution is -0.0980. The number of likely N-dealkylation sites (N-methyl/N-ethyl adjacent to an activating group) is 1. The highest BCUT2D eigenvalue weighted by atomic mass is 35.5. The fourth-order valence-corrected chi connectivity index (χ4v) is 6.16. The van der Waals surface area contributed by atoms with E-state index in [4.69, 9.17) is 27.9 Å². The molecule has 0 saturated carbocycles. The predicted octanol–water partition coefficient (Wildman–Crippen LogP) is 6.80. The fraction of sp³-hybridized carbons (Fsp3) is 0.387. The van der Waals surface area contributed by atoms with Crippen LogP contribution in [0.5, 0.6) is 0 Å². The zero-order valence-electron chi connectivity index (χ0n) is 21.3. The lowest BCUT2D eigenvalue weighted by Gasteiger charge is -2.45. The van der Waals surface area contributed by atoms with Gasteiger partial charge in [-0.15, -0.1) is 0 Å². The van der Waals surface area contributed by atoms with E-state index in [0.29, 0.717) is 22.2 Å². The normalized spacial score (nSPS) is 17.8. The molecule has 3 aromatic rings. The Hall–Kier alpha value is -2.37. The molecule has 2 aliphatic rings. The smallest absolute Gasteiger partial charge is 0.253 e. The highest BCUT2D eigenvalue weighted by molar-refractivity contribution is 6.42. The van der Waals surface area contributed by atoms with Gasteiger partial charge in [0.05, 0.1) is 22.3 Å². The van der Waals surface area contributed by atoms with Gasteiger partial charge in [-0.25, -0.2) is 0 Å². The molecule has 2 heterocycles. The minimum Gasteiger partial charge on any atom is -0.370 e. The molecule has 0 aliphatic carbocycles. The zero-order chi connectivity index (χ0) is 25.8. The van der Waals surface area contributed by atoms with E-state index < -0.39 is 0 Å². The SMILES string of the molecule is CN(CC(CCN1CCC2(CC1)OCCc1ccccc12)c1ccc(Cl)c(Cl)c1)C(=O)c1ccccc1. The number of carbonyl (C=O) groups is 1. The van der Waals surface area contributed by atoms with Crippen molar-refractivity contribution in [3.05, 3.63) is 105 Å². The summed E-state index contributed by atoms with van der Waals surface area (Å²) in [4.78, 5) is 17.4. The number of benzene rings is 3. The highest BCUT2D eigenvalue weighted by Crippen LogP contribution is 2.41. The second kappa shape index (κ2) is 11.6. The first-order valence-electron chi connectivity index (χ1n) is 13.2. The fourth-order valence-electron chi connectivity index (χ4n) is 5.85. The summed E-state index contributed by atoms with van der Waals surface area (Å²) >= 11 is 12.6. The average molecular weight is 538 g/mol. The zero-order valence-corrected chi connectivity index (χ0v) is 22.8. The molecule has 1 spiro atoms. The van der Waals surface area contributed by atoms with Crippen LogP contribution in [0.2, 0.25) is 10.0 Å². The van der Waals surface area contributed by atoms with Crippen LogP contribution >= 0.6 is 23.2 Å². The number of halogens is 2. The third kappa shape index (κ3) is 5.88. The Morgan fingerprint density at radius 2 is 1.73 bits per heavy atom.